The van der Waals surface area contributed by atoms with Crippen molar-refractivity contribution in [3.05, 3.63) is 34.6 Å². The van der Waals surface area contributed by atoms with Gasteiger partial charge in [0.25, 0.3) is 0 Å². The van der Waals surface area contributed by atoms with Crippen LogP contribution in [0.2, 0.25) is 5.02 Å². The Morgan fingerprint density at radius 2 is 2.17 bits per heavy atom. The summed E-state index contributed by atoms with van der Waals surface area (Å²) in [6, 6.07) is 2.48. The Kier molecular flexibility index (Phi) is 3.17. The quantitative estimate of drug-likeness (QED) is 0.761. The molecule has 2 rings (SSSR count). The molecule has 1 heterocycles. The number of rotatable bonds is 3. The zero-order chi connectivity index (χ0) is 13.3. The zero-order valence-corrected chi connectivity index (χ0v) is 9.66. The smallest absolute Gasteiger partial charge is 0.339 e. The van der Waals surface area contributed by atoms with Crippen LogP contribution in [0.15, 0.2) is 18.3 Å². The summed E-state index contributed by atoms with van der Waals surface area (Å²) < 4.78 is 1.14. The van der Waals surface area contributed by atoms with Crippen molar-refractivity contribution in [1.29, 1.82) is 0 Å². The SMILES string of the molecule is O=C(O)c1cc(Cl)cc(-n2cc(CO)nn2)c1O. The van der Waals surface area contributed by atoms with E-state index in [4.69, 9.17) is 21.8 Å². The molecule has 3 N–H and O–H groups in total. The fourth-order valence-corrected chi connectivity index (χ4v) is 1.62. The number of hydrogen-bond donors (Lipinski definition) is 3. The molecule has 0 fully saturated rings. The first-order valence-electron chi connectivity index (χ1n) is 4.81. The minimum Gasteiger partial charge on any atom is -0.505 e. The first-order chi connectivity index (χ1) is 8.52. The third-order valence-electron chi connectivity index (χ3n) is 2.23. The topological polar surface area (TPSA) is 108 Å². The largest absolute Gasteiger partial charge is 0.505 e. The molecular formula is C10H8ClN3O4. The molecule has 8 heteroatoms. The number of aliphatic hydroxyl groups is 1. The van der Waals surface area contributed by atoms with Gasteiger partial charge < -0.3 is 15.3 Å². The lowest BCUT2D eigenvalue weighted by molar-refractivity contribution is 0.0693. The highest BCUT2D eigenvalue weighted by Crippen LogP contribution is 2.29. The van der Waals surface area contributed by atoms with Gasteiger partial charge in [-0.1, -0.05) is 16.8 Å². The number of carboxylic acid groups (broad SMARTS) is 1. The second-order valence-corrected chi connectivity index (χ2v) is 3.88. The van der Waals surface area contributed by atoms with Crippen molar-refractivity contribution < 1.29 is 20.1 Å². The number of aromatic hydroxyl groups is 1. The summed E-state index contributed by atoms with van der Waals surface area (Å²) in [5.41, 5.74) is 0.0249. The van der Waals surface area contributed by atoms with E-state index in [0.29, 0.717) is 0 Å². The van der Waals surface area contributed by atoms with Crippen LogP contribution in [0.5, 0.6) is 5.75 Å². The minimum atomic E-state index is -1.31. The van der Waals surface area contributed by atoms with E-state index in [2.05, 4.69) is 10.3 Å². The summed E-state index contributed by atoms with van der Waals surface area (Å²) in [7, 11) is 0. The third-order valence-corrected chi connectivity index (χ3v) is 2.45. The number of benzene rings is 1. The predicted octanol–water partition coefficient (Wildman–Crippen LogP) is 0.817. The van der Waals surface area contributed by atoms with Crippen molar-refractivity contribution in [3.8, 4) is 11.4 Å². The number of phenols is 1. The number of nitrogens with zero attached hydrogens (tertiary/aromatic N) is 3. The van der Waals surface area contributed by atoms with E-state index in [1.54, 1.807) is 0 Å². The van der Waals surface area contributed by atoms with Gasteiger partial charge in [-0.25, -0.2) is 9.48 Å². The van der Waals surface area contributed by atoms with Crippen molar-refractivity contribution in [2.45, 2.75) is 6.61 Å². The molecule has 7 nitrogen and oxygen atoms in total. The summed E-state index contributed by atoms with van der Waals surface area (Å²) in [6.07, 6.45) is 1.36. The van der Waals surface area contributed by atoms with Gasteiger partial charge in [-0.05, 0) is 12.1 Å². The number of carboxylic acids is 1. The van der Waals surface area contributed by atoms with E-state index >= 15 is 0 Å². The minimum absolute atomic E-state index is 0.0760. The van der Waals surface area contributed by atoms with E-state index in [1.807, 2.05) is 0 Å². The fourth-order valence-electron chi connectivity index (χ4n) is 1.41. The van der Waals surface area contributed by atoms with Crippen molar-refractivity contribution in [3.63, 3.8) is 0 Å². The molecule has 0 spiro atoms. The highest BCUT2D eigenvalue weighted by atomic mass is 35.5. The van der Waals surface area contributed by atoms with Crippen LogP contribution in [0.25, 0.3) is 5.69 Å². The molecule has 0 atom stereocenters. The van der Waals surface area contributed by atoms with Gasteiger partial charge in [0.1, 0.15) is 16.9 Å². The van der Waals surface area contributed by atoms with Crippen LogP contribution < -0.4 is 0 Å². The van der Waals surface area contributed by atoms with E-state index in [0.717, 1.165) is 10.7 Å². The van der Waals surface area contributed by atoms with Gasteiger partial charge in [0.05, 0.1) is 12.8 Å². The van der Waals surface area contributed by atoms with E-state index in [1.165, 1.54) is 12.3 Å². The van der Waals surface area contributed by atoms with Crippen LogP contribution in [0.4, 0.5) is 0 Å². The van der Waals surface area contributed by atoms with E-state index < -0.39 is 11.7 Å². The highest BCUT2D eigenvalue weighted by Gasteiger charge is 2.17. The molecule has 1 aromatic carbocycles. The fraction of sp³-hybridized carbons (Fsp3) is 0.100. The first kappa shape index (κ1) is 12.3. The number of halogens is 1. The van der Waals surface area contributed by atoms with Crippen LogP contribution in [-0.2, 0) is 6.61 Å². The van der Waals surface area contributed by atoms with Gasteiger partial charge in [0.15, 0.2) is 5.75 Å². The molecule has 0 radical (unpaired) electrons. The normalized spacial score (nSPS) is 10.6. The average molecular weight is 270 g/mol. The summed E-state index contributed by atoms with van der Waals surface area (Å²) in [4.78, 5) is 10.9. The Balaban J connectivity index is 2.60. The standard InChI is InChI=1S/C10H8ClN3O4/c11-5-1-7(10(17)18)9(16)8(2-5)14-3-6(4-15)12-13-14/h1-3,15-16H,4H2,(H,17,18). The van der Waals surface area contributed by atoms with Gasteiger partial charge in [0, 0.05) is 5.02 Å². The molecule has 0 saturated heterocycles. The van der Waals surface area contributed by atoms with Gasteiger partial charge in [0.2, 0.25) is 0 Å². The number of aromatic nitrogens is 3. The predicted molar refractivity (Wildman–Crippen MR) is 60.9 cm³/mol. The maximum Gasteiger partial charge on any atom is 0.339 e. The van der Waals surface area contributed by atoms with Crippen molar-refractivity contribution in [2.24, 2.45) is 0 Å². The molecule has 0 bridgehead atoms. The van der Waals surface area contributed by atoms with Gasteiger partial charge in [-0.2, -0.15) is 0 Å². The van der Waals surface area contributed by atoms with Crippen molar-refractivity contribution in [1.82, 2.24) is 15.0 Å². The lowest BCUT2D eigenvalue weighted by Gasteiger charge is -2.07. The van der Waals surface area contributed by atoms with Gasteiger partial charge >= 0.3 is 5.97 Å². The number of aliphatic hydroxyl groups excluding tert-OH is 1. The number of hydrogen-bond acceptors (Lipinski definition) is 5. The Morgan fingerprint density at radius 1 is 1.44 bits per heavy atom. The van der Waals surface area contributed by atoms with Crippen LogP contribution in [-0.4, -0.2) is 36.3 Å². The molecule has 0 saturated carbocycles. The van der Waals surface area contributed by atoms with Gasteiger partial charge in [-0.15, -0.1) is 5.10 Å². The third kappa shape index (κ3) is 2.13. The summed E-state index contributed by atoms with van der Waals surface area (Å²) in [5.74, 6) is -1.78. The molecular weight excluding hydrogens is 262 g/mol. The molecule has 0 aliphatic heterocycles. The molecule has 1 aromatic heterocycles. The zero-order valence-electron chi connectivity index (χ0n) is 8.91. The Hall–Kier alpha value is -2.12. The molecule has 94 valence electrons. The maximum absolute atomic E-state index is 10.9. The molecule has 0 aliphatic carbocycles. The first-order valence-corrected chi connectivity index (χ1v) is 5.19. The molecule has 0 aliphatic rings. The van der Waals surface area contributed by atoms with Crippen LogP contribution in [0, 0.1) is 0 Å². The Labute approximate surface area is 106 Å². The van der Waals surface area contributed by atoms with E-state index in [9.17, 15) is 9.90 Å². The average Bonchev–Trinajstić information content (AvgIpc) is 2.79. The molecule has 18 heavy (non-hydrogen) atoms. The van der Waals surface area contributed by atoms with Gasteiger partial charge in [-0.3, -0.25) is 0 Å². The summed E-state index contributed by atoms with van der Waals surface area (Å²) in [5, 5.41) is 35.0. The molecule has 0 amide bonds. The molecule has 2 aromatic rings. The van der Waals surface area contributed by atoms with Crippen molar-refractivity contribution in [2.75, 3.05) is 0 Å². The number of carbonyl (C=O) groups is 1. The van der Waals surface area contributed by atoms with Crippen LogP contribution >= 0.6 is 11.6 Å². The summed E-state index contributed by atoms with van der Waals surface area (Å²) in [6.45, 7) is -0.312. The van der Waals surface area contributed by atoms with Crippen LogP contribution in [0.1, 0.15) is 16.1 Å². The number of aromatic carboxylic acids is 1. The lowest BCUT2D eigenvalue weighted by Crippen LogP contribution is -2.02. The highest BCUT2D eigenvalue weighted by molar-refractivity contribution is 6.31. The molecule has 0 unspecified atom stereocenters. The second kappa shape index (κ2) is 4.63. The monoisotopic (exact) mass is 269 g/mol. The van der Waals surface area contributed by atoms with E-state index in [-0.39, 0.29) is 28.6 Å². The Morgan fingerprint density at radius 3 is 2.72 bits per heavy atom. The second-order valence-electron chi connectivity index (χ2n) is 3.44. The summed E-state index contributed by atoms with van der Waals surface area (Å²) >= 11 is 5.77. The van der Waals surface area contributed by atoms with Crippen LogP contribution in [0.3, 0.4) is 0 Å². The lowest BCUT2D eigenvalue weighted by atomic mass is 10.1. The Bertz CT molecular complexity index is 611. The van der Waals surface area contributed by atoms with Crippen molar-refractivity contribution >= 4 is 17.6 Å². The maximum atomic E-state index is 10.9.